The first-order chi connectivity index (χ1) is 13.5. The van der Waals surface area contributed by atoms with Crippen LogP contribution in [0, 0.1) is 5.82 Å². The van der Waals surface area contributed by atoms with E-state index in [1.807, 2.05) is 19.1 Å². The van der Waals surface area contributed by atoms with Crippen molar-refractivity contribution in [2.75, 3.05) is 5.32 Å². The van der Waals surface area contributed by atoms with Crippen LogP contribution in [0.25, 0.3) is 0 Å². The molecule has 5 nitrogen and oxygen atoms in total. The van der Waals surface area contributed by atoms with Gasteiger partial charge in [-0.25, -0.2) is 4.39 Å². The summed E-state index contributed by atoms with van der Waals surface area (Å²) < 4.78 is 13.2. The van der Waals surface area contributed by atoms with Crippen molar-refractivity contribution in [2.24, 2.45) is 0 Å². The lowest BCUT2D eigenvalue weighted by Gasteiger charge is -2.34. The van der Waals surface area contributed by atoms with Crippen LogP contribution < -0.4 is 10.6 Å². The molecule has 2 aromatic rings. The maximum atomic E-state index is 13.2. The molecule has 2 heterocycles. The molecule has 142 valence electrons. The van der Waals surface area contributed by atoms with E-state index >= 15 is 0 Å². The number of hydrogen-bond acceptors (Lipinski definition) is 4. The summed E-state index contributed by atoms with van der Waals surface area (Å²) in [4.78, 5) is 30.0. The Balaban J connectivity index is 1.76. The van der Waals surface area contributed by atoms with Crippen LogP contribution in [-0.4, -0.2) is 16.7 Å². The molecule has 4 rings (SSSR count). The van der Waals surface area contributed by atoms with Gasteiger partial charge in [-0.2, -0.15) is 0 Å². The number of nitrogens with one attached hydrogen (secondary N) is 2. The molecule has 0 radical (unpaired) electrons. The van der Waals surface area contributed by atoms with Crippen LogP contribution >= 0.6 is 0 Å². The van der Waals surface area contributed by atoms with Crippen LogP contribution in [0.1, 0.15) is 37.7 Å². The summed E-state index contributed by atoms with van der Waals surface area (Å²) in [6.45, 7) is 1.84. The van der Waals surface area contributed by atoms with Crippen molar-refractivity contribution < 1.29 is 14.0 Å². The zero-order valence-corrected chi connectivity index (χ0v) is 15.5. The zero-order chi connectivity index (χ0) is 19.7. The number of pyridine rings is 1. The van der Waals surface area contributed by atoms with Gasteiger partial charge in [0.05, 0.1) is 0 Å². The summed E-state index contributed by atoms with van der Waals surface area (Å²) in [6, 6.07) is 9.28. The Hall–Kier alpha value is -3.28. The highest BCUT2D eigenvalue weighted by molar-refractivity contribution is 6.09. The van der Waals surface area contributed by atoms with Gasteiger partial charge < -0.3 is 10.6 Å². The van der Waals surface area contributed by atoms with Gasteiger partial charge in [0, 0.05) is 53.0 Å². The third kappa shape index (κ3) is 3.33. The molecule has 0 bridgehead atoms. The third-order valence-electron chi connectivity index (χ3n) is 5.16. The number of allylic oxidation sites excluding steroid dienone is 3. The van der Waals surface area contributed by atoms with Gasteiger partial charge in [0.1, 0.15) is 5.82 Å². The molecule has 6 heteroatoms. The first kappa shape index (κ1) is 18.1. The summed E-state index contributed by atoms with van der Waals surface area (Å²) in [5.74, 6) is -1.07. The fourth-order valence-corrected chi connectivity index (χ4v) is 3.91. The van der Waals surface area contributed by atoms with E-state index < -0.39 is 5.92 Å². The quantitative estimate of drug-likeness (QED) is 0.853. The van der Waals surface area contributed by atoms with E-state index in [9.17, 15) is 14.0 Å². The lowest BCUT2D eigenvalue weighted by molar-refractivity contribution is -0.116. The third-order valence-corrected chi connectivity index (χ3v) is 5.16. The topological polar surface area (TPSA) is 71.1 Å². The molecule has 1 aliphatic heterocycles. The number of nitrogens with zero attached hydrogens (tertiary/aromatic N) is 1. The number of anilines is 1. The van der Waals surface area contributed by atoms with Crippen LogP contribution in [0.3, 0.4) is 0 Å². The van der Waals surface area contributed by atoms with Gasteiger partial charge in [0.2, 0.25) is 0 Å². The number of hydrogen-bond donors (Lipinski definition) is 2. The molecular formula is C22H20FN3O2. The van der Waals surface area contributed by atoms with Crippen molar-refractivity contribution >= 4 is 17.4 Å². The van der Waals surface area contributed by atoms with E-state index in [-0.39, 0.29) is 17.5 Å². The molecular weight excluding hydrogens is 357 g/mol. The molecule has 2 aliphatic rings. The second-order valence-corrected chi connectivity index (χ2v) is 7.01. The van der Waals surface area contributed by atoms with E-state index in [2.05, 4.69) is 15.6 Å². The molecule has 1 aromatic heterocycles. The van der Waals surface area contributed by atoms with Crippen LogP contribution in [0.4, 0.5) is 10.1 Å². The molecule has 1 aliphatic carbocycles. The van der Waals surface area contributed by atoms with Crippen molar-refractivity contribution in [2.45, 2.75) is 32.1 Å². The largest absolute Gasteiger partial charge is 0.362 e. The van der Waals surface area contributed by atoms with Gasteiger partial charge in [-0.3, -0.25) is 14.6 Å². The Morgan fingerprint density at radius 1 is 1.14 bits per heavy atom. The van der Waals surface area contributed by atoms with E-state index in [4.69, 9.17) is 0 Å². The lowest BCUT2D eigenvalue weighted by Crippen LogP contribution is -2.35. The van der Waals surface area contributed by atoms with E-state index in [1.165, 1.54) is 24.3 Å². The fourth-order valence-electron chi connectivity index (χ4n) is 3.91. The van der Waals surface area contributed by atoms with Gasteiger partial charge in [-0.05, 0) is 61.7 Å². The molecule has 1 amide bonds. The predicted molar refractivity (Wildman–Crippen MR) is 104 cm³/mol. The molecule has 0 saturated carbocycles. The van der Waals surface area contributed by atoms with Gasteiger partial charge in [0.25, 0.3) is 5.91 Å². The van der Waals surface area contributed by atoms with Crippen LogP contribution in [0.2, 0.25) is 0 Å². The maximum Gasteiger partial charge on any atom is 0.254 e. The molecule has 0 fully saturated rings. The number of ketones is 1. The van der Waals surface area contributed by atoms with Crippen molar-refractivity contribution in [3.8, 4) is 0 Å². The highest BCUT2D eigenvalue weighted by atomic mass is 19.1. The fraction of sp³-hybridized carbons (Fsp3) is 0.227. The molecule has 1 atom stereocenters. The number of amides is 1. The summed E-state index contributed by atoms with van der Waals surface area (Å²) in [5, 5.41) is 6.10. The monoisotopic (exact) mass is 377 g/mol. The minimum Gasteiger partial charge on any atom is -0.362 e. The minimum atomic E-state index is -0.451. The number of carbonyl (C=O) groups is 2. The van der Waals surface area contributed by atoms with E-state index in [0.29, 0.717) is 23.3 Å². The van der Waals surface area contributed by atoms with Gasteiger partial charge >= 0.3 is 0 Å². The maximum absolute atomic E-state index is 13.2. The Kier molecular flexibility index (Phi) is 4.77. The van der Waals surface area contributed by atoms with Crippen molar-refractivity contribution in [1.29, 1.82) is 0 Å². The van der Waals surface area contributed by atoms with Gasteiger partial charge in [-0.15, -0.1) is 0 Å². The number of Topliss-reactive ketones (excluding diaryl/α,β-unsaturated/α-hetero) is 1. The number of halogens is 1. The first-order valence-corrected chi connectivity index (χ1v) is 9.25. The average Bonchev–Trinajstić information content (AvgIpc) is 2.69. The SMILES string of the molecule is CC1=C(C(=O)Nc2ccc(F)cc2)[C@@H](c2ccncc2)C2=C(CCCC2=O)N1. The second-order valence-electron chi connectivity index (χ2n) is 7.01. The molecule has 0 spiro atoms. The van der Waals surface area contributed by atoms with Gasteiger partial charge in [0.15, 0.2) is 5.78 Å². The van der Waals surface area contributed by atoms with Gasteiger partial charge in [-0.1, -0.05) is 0 Å². The number of dihydropyridines is 1. The standard InChI is InChI=1S/C22H20FN3O2/c1-13-19(22(28)26-16-7-5-15(23)6-8-16)20(14-9-11-24-12-10-14)21-17(25-13)3-2-4-18(21)27/h5-12,20,25H,2-4H2,1H3,(H,26,28)/t20-/m1/s1. The Morgan fingerprint density at radius 2 is 1.86 bits per heavy atom. The summed E-state index contributed by atoms with van der Waals surface area (Å²) >= 11 is 0. The van der Waals surface area contributed by atoms with Crippen LogP contribution in [0.5, 0.6) is 0 Å². The molecule has 1 aromatic carbocycles. The zero-order valence-electron chi connectivity index (χ0n) is 15.5. The summed E-state index contributed by atoms with van der Waals surface area (Å²) in [5.41, 5.74) is 4.11. The van der Waals surface area contributed by atoms with E-state index in [0.717, 1.165) is 29.8 Å². The molecule has 28 heavy (non-hydrogen) atoms. The normalized spacial score (nSPS) is 19.2. The molecule has 0 saturated heterocycles. The van der Waals surface area contributed by atoms with Crippen molar-refractivity contribution in [3.05, 3.63) is 82.7 Å². The van der Waals surface area contributed by atoms with E-state index in [1.54, 1.807) is 12.4 Å². The number of aromatic nitrogens is 1. The van der Waals surface area contributed by atoms with Crippen molar-refractivity contribution in [1.82, 2.24) is 10.3 Å². The predicted octanol–water partition coefficient (Wildman–Crippen LogP) is 3.83. The second kappa shape index (κ2) is 7.38. The Morgan fingerprint density at radius 3 is 2.57 bits per heavy atom. The highest BCUT2D eigenvalue weighted by Crippen LogP contribution is 2.42. The first-order valence-electron chi connectivity index (χ1n) is 9.25. The van der Waals surface area contributed by atoms with Crippen LogP contribution in [0.15, 0.2) is 71.3 Å². The number of rotatable bonds is 3. The van der Waals surface area contributed by atoms with Crippen LogP contribution in [-0.2, 0) is 9.59 Å². The number of benzene rings is 1. The highest BCUT2D eigenvalue weighted by Gasteiger charge is 2.38. The molecule has 0 unspecified atom stereocenters. The minimum absolute atomic E-state index is 0.0649. The number of carbonyl (C=O) groups excluding carboxylic acids is 2. The lowest BCUT2D eigenvalue weighted by atomic mass is 9.75. The summed E-state index contributed by atoms with van der Waals surface area (Å²) in [6.07, 6.45) is 5.39. The summed E-state index contributed by atoms with van der Waals surface area (Å²) in [7, 11) is 0. The Bertz CT molecular complexity index is 994. The Labute approximate surface area is 162 Å². The smallest absolute Gasteiger partial charge is 0.254 e. The van der Waals surface area contributed by atoms with Crippen molar-refractivity contribution in [3.63, 3.8) is 0 Å². The molecule has 2 N–H and O–H groups in total. The average molecular weight is 377 g/mol.